The normalized spacial score (nSPS) is 13.0. The van der Waals surface area contributed by atoms with Gasteiger partial charge in [0, 0.05) is 27.8 Å². The number of carbonyl (C=O) groups excluding carboxylic acids is 1. The minimum absolute atomic E-state index is 0.0801. The number of nitrogens with one attached hydrogen (secondary N) is 1. The molecular weight excluding hydrogens is 382 g/mol. The number of rotatable bonds is 6. The Morgan fingerprint density at radius 3 is 2.57 bits per heavy atom. The van der Waals surface area contributed by atoms with E-state index in [0.717, 1.165) is 0 Å². The number of amides is 1. The van der Waals surface area contributed by atoms with Crippen molar-refractivity contribution < 1.29 is 17.9 Å². The van der Waals surface area contributed by atoms with Gasteiger partial charge in [-0.15, -0.1) is 0 Å². The molecule has 118 valence electrons. The van der Waals surface area contributed by atoms with Crippen molar-refractivity contribution in [3.63, 3.8) is 0 Å². The van der Waals surface area contributed by atoms with E-state index < -0.39 is 9.05 Å². The van der Waals surface area contributed by atoms with Gasteiger partial charge in [0.25, 0.3) is 15.0 Å². The molecule has 0 aromatic heterocycles. The van der Waals surface area contributed by atoms with Gasteiger partial charge in [-0.05, 0) is 31.0 Å². The Balaban J connectivity index is 3.19. The van der Waals surface area contributed by atoms with Gasteiger partial charge in [0.1, 0.15) is 0 Å². The highest BCUT2D eigenvalue weighted by atomic mass is 79.9. The largest absolute Gasteiger partial charge is 0.383 e. The van der Waals surface area contributed by atoms with Gasteiger partial charge in [0.15, 0.2) is 0 Å². The molecule has 0 saturated carbocycles. The summed E-state index contributed by atoms with van der Waals surface area (Å²) in [5.74, 6) is -0.362. The van der Waals surface area contributed by atoms with Crippen molar-refractivity contribution in [3.05, 3.63) is 27.7 Å². The van der Waals surface area contributed by atoms with E-state index in [-0.39, 0.29) is 22.4 Å². The summed E-state index contributed by atoms with van der Waals surface area (Å²) in [6.45, 7) is 3.86. The SMILES string of the molecule is CCC(COC)NC(=O)c1cc(Br)cc(S(=O)(=O)Cl)c1C. The van der Waals surface area contributed by atoms with Crippen molar-refractivity contribution in [2.24, 2.45) is 0 Å². The van der Waals surface area contributed by atoms with Crippen molar-refractivity contribution in [3.8, 4) is 0 Å². The van der Waals surface area contributed by atoms with Gasteiger partial charge < -0.3 is 10.1 Å². The van der Waals surface area contributed by atoms with Crippen LogP contribution in [0.4, 0.5) is 0 Å². The first-order valence-corrected chi connectivity index (χ1v) is 9.35. The van der Waals surface area contributed by atoms with E-state index in [9.17, 15) is 13.2 Å². The summed E-state index contributed by atoms with van der Waals surface area (Å²) in [5.41, 5.74) is 0.580. The molecule has 1 amide bonds. The van der Waals surface area contributed by atoms with Gasteiger partial charge in [-0.1, -0.05) is 22.9 Å². The third kappa shape index (κ3) is 4.95. The van der Waals surface area contributed by atoms with E-state index in [1.54, 1.807) is 20.1 Å². The second-order valence-electron chi connectivity index (χ2n) is 4.55. The number of hydrogen-bond donors (Lipinski definition) is 1. The van der Waals surface area contributed by atoms with Gasteiger partial charge in [-0.2, -0.15) is 0 Å². The Hall–Kier alpha value is -0.630. The highest BCUT2D eigenvalue weighted by Gasteiger charge is 2.21. The second kappa shape index (κ2) is 7.58. The van der Waals surface area contributed by atoms with Gasteiger partial charge in [-0.25, -0.2) is 8.42 Å². The summed E-state index contributed by atoms with van der Waals surface area (Å²) in [6, 6.07) is 2.80. The van der Waals surface area contributed by atoms with Crippen LogP contribution >= 0.6 is 26.6 Å². The predicted octanol–water partition coefficient (Wildman–Crippen LogP) is 2.84. The van der Waals surface area contributed by atoms with Crippen LogP contribution in [0.1, 0.15) is 29.3 Å². The number of halogens is 2. The van der Waals surface area contributed by atoms with E-state index in [1.807, 2.05) is 6.92 Å². The summed E-state index contributed by atoms with van der Waals surface area (Å²) in [6.07, 6.45) is 0.702. The van der Waals surface area contributed by atoms with Crippen LogP contribution in [0.5, 0.6) is 0 Å². The smallest absolute Gasteiger partial charge is 0.261 e. The first-order chi connectivity index (χ1) is 9.70. The lowest BCUT2D eigenvalue weighted by Gasteiger charge is -2.17. The predicted molar refractivity (Wildman–Crippen MR) is 85.3 cm³/mol. The third-order valence-electron chi connectivity index (χ3n) is 3.03. The molecular formula is C13H17BrClNO4S. The molecule has 1 rings (SSSR count). The van der Waals surface area contributed by atoms with Gasteiger partial charge in [-0.3, -0.25) is 4.79 Å². The highest BCUT2D eigenvalue weighted by Crippen LogP contribution is 2.27. The van der Waals surface area contributed by atoms with Crippen LogP contribution in [0.2, 0.25) is 0 Å². The van der Waals surface area contributed by atoms with Crippen LogP contribution in [0.25, 0.3) is 0 Å². The lowest BCUT2D eigenvalue weighted by atomic mass is 10.1. The molecule has 0 bridgehead atoms. The molecule has 0 fully saturated rings. The minimum Gasteiger partial charge on any atom is -0.383 e. The second-order valence-corrected chi connectivity index (χ2v) is 8.00. The minimum atomic E-state index is -3.92. The monoisotopic (exact) mass is 397 g/mol. The molecule has 0 aliphatic heterocycles. The maximum absolute atomic E-state index is 12.3. The highest BCUT2D eigenvalue weighted by molar-refractivity contribution is 9.10. The molecule has 5 nitrogen and oxygen atoms in total. The number of carbonyl (C=O) groups is 1. The molecule has 0 aliphatic carbocycles. The molecule has 1 unspecified atom stereocenters. The molecule has 0 heterocycles. The fourth-order valence-corrected chi connectivity index (χ4v) is 3.70. The van der Waals surface area contributed by atoms with Crippen LogP contribution in [0, 0.1) is 6.92 Å². The topological polar surface area (TPSA) is 72.5 Å². The summed E-state index contributed by atoms with van der Waals surface area (Å²) in [5, 5.41) is 2.81. The van der Waals surface area contributed by atoms with E-state index in [0.29, 0.717) is 23.1 Å². The summed E-state index contributed by atoms with van der Waals surface area (Å²) < 4.78 is 28.6. The Kier molecular flexibility index (Phi) is 6.65. The molecule has 21 heavy (non-hydrogen) atoms. The van der Waals surface area contributed by atoms with Crippen LogP contribution in [0.3, 0.4) is 0 Å². The zero-order valence-corrected chi connectivity index (χ0v) is 15.1. The summed E-state index contributed by atoms with van der Waals surface area (Å²) in [7, 11) is 3.03. The van der Waals surface area contributed by atoms with Crippen LogP contribution < -0.4 is 5.32 Å². The molecule has 0 spiro atoms. The Labute approximate surface area is 137 Å². The van der Waals surface area contributed by atoms with Crippen molar-refractivity contribution in [1.29, 1.82) is 0 Å². The lowest BCUT2D eigenvalue weighted by Crippen LogP contribution is -2.37. The van der Waals surface area contributed by atoms with Crippen LogP contribution in [-0.2, 0) is 13.8 Å². The van der Waals surface area contributed by atoms with E-state index >= 15 is 0 Å². The molecule has 8 heteroatoms. The lowest BCUT2D eigenvalue weighted by molar-refractivity contribution is 0.0893. The van der Waals surface area contributed by atoms with Crippen molar-refractivity contribution in [2.75, 3.05) is 13.7 Å². The van der Waals surface area contributed by atoms with Crippen molar-refractivity contribution in [2.45, 2.75) is 31.2 Å². The maximum Gasteiger partial charge on any atom is 0.261 e. The molecule has 0 radical (unpaired) electrons. The maximum atomic E-state index is 12.3. The van der Waals surface area contributed by atoms with Crippen molar-refractivity contribution in [1.82, 2.24) is 5.32 Å². The average Bonchev–Trinajstić information content (AvgIpc) is 2.39. The zero-order chi connectivity index (χ0) is 16.2. The van der Waals surface area contributed by atoms with E-state index in [1.165, 1.54) is 6.07 Å². The van der Waals surface area contributed by atoms with E-state index in [2.05, 4.69) is 21.2 Å². The molecule has 1 aromatic rings. The average molecular weight is 399 g/mol. The number of methoxy groups -OCH3 is 1. The standard InChI is InChI=1S/C13H17BrClNO4S/c1-4-10(7-20-3)16-13(17)11-5-9(14)6-12(8(11)2)21(15,18)19/h5-6,10H,4,7H2,1-3H3,(H,16,17). The molecule has 1 aromatic carbocycles. The summed E-state index contributed by atoms with van der Waals surface area (Å²) >= 11 is 3.19. The fourth-order valence-electron chi connectivity index (χ4n) is 1.87. The number of hydrogen-bond acceptors (Lipinski definition) is 4. The third-order valence-corrected chi connectivity index (χ3v) is 4.93. The quantitative estimate of drug-likeness (QED) is 0.748. The van der Waals surface area contributed by atoms with Gasteiger partial charge in [0.05, 0.1) is 17.5 Å². The zero-order valence-electron chi connectivity index (χ0n) is 11.9. The number of ether oxygens (including phenoxy) is 1. The Morgan fingerprint density at radius 2 is 2.10 bits per heavy atom. The van der Waals surface area contributed by atoms with Crippen molar-refractivity contribution >= 4 is 41.6 Å². The molecule has 0 saturated heterocycles. The Bertz CT molecular complexity index is 633. The first-order valence-electron chi connectivity index (χ1n) is 6.25. The fraction of sp³-hybridized carbons (Fsp3) is 0.462. The first kappa shape index (κ1) is 18.4. The molecule has 0 aliphatic rings. The number of benzene rings is 1. The molecule has 1 atom stereocenters. The van der Waals surface area contributed by atoms with Crippen LogP contribution in [0.15, 0.2) is 21.5 Å². The molecule has 1 N–H and O–H groups in total. The van der Waals surface area contributed by atoms with Gasteiger partial charge in [0.2, 0.25) is 0 Å². The summed E-state index contributed by atoms with van der Waals surface area (Å²) in [4.78, 5) is 12.2. The van der Waals surface area contributed by atoms with Gasteiger partial charge >= 0.3 is 0 Å². The van der Waals surface area contributed by atoms with E-state index in [4.69, 9.17) is 15.4 Å². The Morgan fingerprint density at radius 1 is 1.48 bits per heavy atom. The van der Waals surface area contributed by atoms with Crippen LogP contribution in [-0.4, -0.2) is 34.1 Å².